The summed E-state index contributed by atoms with van der Waals surface area (Å²) in [5, 5.41) is 8.89. The molecule has 1 aromatic heterocycles. The van der Waals surface area contributed by atoms with Gasteiger partial charge in [0.2, 0.25) is 0 Å². The highest BCUT2D eigenvalue weighted by molar-refractivity contribution is 9.10. The Kier molecular flexibility index (Phi) is 4.47. The average molecular weight is 277 g/mol. The number of aromatic nitrogens is 1. The normalized spacial score (nSPS) is 10.8. The van der Waals surface area contributed by atoms with E-state index in [0.717, 1.165) is 0 Å². The smallest absolute Gasteiger partial charge is 0.166 e. The third kappa shape index (κ3) is 3.14. The van der Waals surface area contributed by atoms with Crippen LogP contribution in [-0.2, 0) is 0 Å². The van der Waals surface area contributed by atoms with Crippen LogP contribution < -0.4 is 4.90 Å². The minimum Gasteiger partial charge on any atom is -0.395 e. The summed E-state index contributed by atoms with van der Waals surface area (Å²) in [5.74, 6) is -0.103. The van der Waals surface area contributed by atoms with E-state index in [2.05, 4.69) is 20.9 Å². The standard InChI is InChI=1S/C10H14BrFN2O/c1-7(2)14(3-4-15)10-9(12)5-8(11)6-13-10/h5-7,15H,3-4H2,1-2H3. The zero-order valence-electron chi connectivity index (χ0n) is 8.74. The van der Waals surface area contributed by atoms with Crippen molar-refractivity contribution in [1.29, 1.82) is 0 Å². The van der Waals surface area contributed by atoms with Gasteiger partial charge in [-0.1, -0.05) is 0 Å². The topological polar surface area (TPSA) is 36.4 Å². The molecule has 0 bridgehead atoms. The first kappa shape index (κ1) is 12.4. The Labute approximate surface area is 97.1 Å². The molecule has 1 N–H and O–H groups in total. The molecule has 0 aliphatic heterocycles. The van der Waals surface area contributed by atoms with Crippen LogP contribution in [0.4, 0.5) is 10.2 Å². The van der Waals surface area contributed by atoms with Crippen molar-refractivity contribution >= 4 is 21.7 Å². The van der Waals surface area contributed by atoms with Crippen molar-refractivity contribution in [3.05, 3.63) is 22.6 Å². The van der Waals surface area contributed by atoms with E-state index in [1.165, 1.54) is 6.07 Å². The summed E-state index contributed by atoms with van der Waals surface area (Å²) < 4.78 is 14.2. The van der Waals surface area contributed by atoms with Gasteiger partial charge in [0.15, 0.2) is 11.6 Å². The van der Waals surface area contributed by atoms with Crippen molar-refractivity contribution in [2.45, 2.75) is 19.9 Å². The number of pyridine rings is 1. The highest BCUT2D eigenvalue weighted by Crippen LogP contribution is 2.21. The van der Waals surface area contributed by atoms with Gasteiger partial charge < -0.3 is 10.0 Å². The Bertz CT molecular complexity index is 333. The molecule has 15 heavy (non-hydrogen) atoms. The summed E-state index contributed by atoms with van der Waals surface area (Å²) in [6.45, 7) is 4.22. The number of hydrogen-bond acceptors (Lipinski definition) is 3. The van der Waals surface area contributed by atoms with Crippen molar-refractivity contribution in [2.24, 2.45) is 0 Å². The van der Waals surface area contributed by atoms with Gasteiger partial charge in [-0.3, -0.25) is 0 Å². The maximum Gasteiger partial charge on any atom is 0.166 e. The Morgan fingerprint density at radius 2 is 2.27 bits per heavy atom. The molecule has 0 aromatic carbocycles. The maximum absolute atomic E-state index is 13.6. The second-order valence-corrected chi connectivity index (χ2v) is 4.39. The van der Waals surface area contributed by atoms with E-state index in [1.807, 2.05) is 13.8 Å². The molecule has 0 atom stereocenters. The largest absolute Gasteiger partial charge is 0.395 e. The number of halogens is 2. The molecule has 1 aromatic rings. The molecular weight excluding hydrogens is 263 g/mol. The van der Waals surface area contributed by atoms with Gasteiger partial charge in [-0.05, 0) is 35.8 Å². The lowest BCUT2D eigenvalue weighted by Gasteiger charge is -2.27. The minimum atomic E-state index is -0.383. The van der Waals surface area contributed by atoms with Crippen LogP contribution in [0.5, 0.6) is 0 Å². The number of hydrogen-bond donors (Lipinski definition) is 1. The number of anilines is 1. The minimum absolute atomic E-state index is 0.0185. The maximum atomic E-state index is 13.6. The molecule has 1 rings (SSSR count). The van der Waals surface area contributed by atoms with E-state index in [9.17, 15) is 4.39 Å². The zero-order valence-corrected chi connectivity index (χ0v) is 10.3. The van der Waals surface area contributed by atoms with Gasteiger partial charge in [0.25, 0.3) is 0 Å². The van der Waals surface area contributed by atoms with E-state index in [-0.39, 0.29) is 24.3 Å². The van der Waals surface area contributed by atoms with Crippen LogP contribution in [-0.4, -0.2) is 29.3 Å². The Morgan fingerprint density at radius 3 is 2.73 bits per heavy atom. The van der Waals surface area contributed by atoms with Gasteiger partial charge in [-0.2, -0.15) is 0 Å². The predicted octanol–water partition coefficient (Wildman–Crippen LogP) is 2.19. The fourth-order valence-corrected chi connectivity index (χ4v) is 1.64. The fraction of sp³-hybridized carbons (Fsp3) is 0.500. The van der Waals surface area contributed by atoms with Crippen LogP contribution >= 0.6 is 15.9 Å². The van der Waals surface area contributed by atoms with E-state index < -0.39 is 0 Å². The van der Waals surface area contributed by atoms with Crippen LogP contribution in [0.1, 0.15) is 13.8 Å². The van der Waals surface area contributed by atoms with Crippen LogP contribution in [0.15, 0.2) is 16.7 Å². The second-order valence-electron chi connectivity index (χ2n) is 3.47. The molecule has 0 saturated heterocycles. The Balaban J connectivity index is 3.00. The molecule has 84 valence electrons. The number of nitrogens with zero attached hydrogens (tertiary/aromatic N) is 2. The van der Waals surface area contributed by atoms with E-state index in [4.69, 9.17) is 5.11 Å². The Morgan fingerprint density at radius 1 is 1.60 bits per heavy atom. The molecule has 0 unspecified atom stereocenters. The molecule has 0 aliphatic rings. The average Bonchev–Trinajstić information content (AvgIpc) is 2.15. The van der Waals surface area contributed by atoms with Crippen molar-refractivity contribution in [1.82, 2.24) is 4.98 Å². The van der Waals surface area contributed by atoms with Gasteiger partial charge in [0.1, 0.15) is 0 Å². The highest BCUT2D eigenvalue weighted by atomic mass is 79.9. The SMILES string of the molecule is CC(C)N(CCO)c1ncc(Br)cc1F. The molecule has 0 spiro atoms. The number of aliphatic hydroxyl groups excluding tert-OH is 1. The number of rotatable bonds is 4. The second kappa shape index (κ2) is 5.42. The zero-order chi connectivity index (χ0) is 11.4. The lowest BCUT2D eigenvalue weighted by Crippen LogP contribution is -2.34. The third-order valence-electron chi connectivity index (χ3n) is 2.02. The summed E-state index contributed by atoms with van der Waals surface area (Å²) in [7, 11) is 0. The van der Waals surface area contributed by atoms with E-state index in [0.29, 0.717) is 11.0 Å². The van der Waals surface area contributed by atoms with Gasteiger partial charge >= 0.3 is 0 Å². The van der Waals surface area contributed by atoms with Gasteiger partial charge in [0.05, 0.1) is 6.61 Å². The van der Waals surface area contributed by atoms with E-state index in [1.54, 1.807) is 11.1 Å². The van der Waals surface area contributed by atoms with Gasteiger partial charge in [-0.25, -0.2) is 9.37 Å². The van der Waals surface area contributed by atoms with Crippen LogP contribution in [0, 0.1) is 5.82 Å². The Hall–Kier alpha value is -0.680. The van der Waals surface area contributed by atoms with E-state index >= 15 is 0 Å². The lowest BCUT2D eigenvalue weighted by atomic mass is 10.3. The summed E-state index contributed by atoms with van der Waals surface area (Å²) in [6.07, 6.45) is 1.55. The molecule has 0 aliphatic carbocycles. The van der Waals surface area contributed by atoms with Crippen molar-refractivity contribution in [3.63, 3.8) is 0 Å². The number of aliphatic hydroxyl groups is 1. The van der Waals surface area contributed by atoms with Crippen LogP contribution in [0.25, 0.3) is 0 Å². The first-order valence-electron chi connectivity index (χ1n) is 4.74. The molecule has 0 fully saturated rings. The first-order chi connectivity index (χ1) is 7.06. The van der Waals surface area contributed by atoms with Crippen molar-refractivity contribution in [2.75, 3.05) is 18.1 Å². The van der Waals surface area contributed by atoms with Crippen LogP contribution in [0.2, 0.25) is 0 Å². The summed E-state index contributed by atoms with van der Waals surface area (Å²) >= 11 is 3.15. The highest BCUT2D eigenvalue weighted by Gasteiger charge is 2.15. The van der Waals surface area contributed by atoms with Crippen LogP contribution in [0.3, 0.4) is 0 Å². The molecule has 1 heterocycles. The summed E-state index contributed by atoms with van der Waals surface area (Å²) in [5.41, 5.74) is 0. The summed E-state index contributed by atoms with van der Waals surface area (Å²) in [6, 6.07) is 1.47. The third-order valence-corrected chi connectivity index (χ3v) is 2.46. The summed E-state index contributed by atoms with van der Waals surface area (Å²) in [4.78, 5) is 5.73. The van der Waals surface area contributed by atoms with Gasteiger partial charge in [-0.15, -0.1) is 0 Å². The van der Waals surface area contributed by atoms with Gasteiger partial charge in [0, 0.05) is 23.3 Å². The first-order valence-corrected chi connectivity index (χ1v) is 5.54. The molecule has 0 saturated carbocycles. The molecular formula is C10H14BrFN2O. The van der Waals surface area contributed by atoms with Crippen molar-refractivity contribution in [3.8, 4) is 0 Å². The van der Waals surface area contributed by atoms with Crippen molar-refractivity contribution < 1.29 is 9.50 Å². The lowest BCUT2D eigenvalue weighted by molar-refractivity contribution is 0.298. The monoisotopic (exact) mass is 276 g/mol. The fourth-order valence-electron chi connectivity index (χ4n) is 1.34. The predicted molar refractivity (Wildman–Crippen MR) is 61.5 cm³/mol. The molecule has 0 radical (unpaired) electrons. The molecule has 5 heteroatoms. The quantitative estimate of drug-likeness (QED) is 0.916. The molecule has 0 amide bonds. The molecule has 3 nitrogen and oxygen atoms in total.